The summed E-state index contributed by atoms with van der Waals surface area (Å²) in [4.78, 5) is 0. The smallest absolute Gasteiger partial charge is 0.126 e. The number of aliphatic hydroxyl groups excluding tert-OH is 1. The Morgan fingerprint density at radius 1 is 1.46 bits per heavy atom. The molecule has 1 aromatic carbocycles. The van der Waals surface area contributed by atoms with E-state index in [0.717, 1.165) is 0 Å². The van der Waals surface area contributed by atoms with Gasteiger partial charge >= 0.3 is 0 Å². The third kappa shape index (κ3) is 3.30. The molecular weight excluding hydrogens is 193 g/mol. The van der Waals surface area contributed by atoms with Crippen LogP contribution in [0.5, 0.6) is 0 Å². The van der Waals surface area contributed by atoms with Gasteiger partial charge in [0.1, 0.15) is 5.82 Å². The van der Waals surface area contributed by atoms with Gasteiger partial charge in [-0.2, -0.15) is 0 Å². The fraction of sp³-hybridized carbons (Fsp3) is 0.333. The average Bonchev–Trinajstić information content (AvgIpc) is 2.11. The lowest BCUT2D eigenvalue weighted by Gasteiger charge is -2.03. The van der Waals surface area contributed by atoms with Crippen LogP contribution in [0.3, 0.4) is 0 Å². The van der Waals surface area contributed by atoms with E-state index in [1.54, 1.807) is 6.07 Å². The first-order valence-corrected chi connectivity index (χ1v) is 4.37. The lowest BCUT2D eigenvalue weighted by atomic mass is 10.1. The summed E-state index contributed by atoms with van der Waals surface area (Å²) < 4.78 is 13.0. The molecule has 1 rings (SSSR count). The zero-order valence-corrected chi connectivity index (χ0v) is 7.81. The summed E-state index contributed by atoms with van der Waals surface area (Å²) in [5, 5.41) is 11.7. The van der Waals surface area contributed by atoms with Crippen LogP contribution in [0.2, 0.25) is 5.02 Å². The molecule has 0 aromatic heterocycles. The van der Waals surface area contributed by atoms with Gasteiger partial charge in [-0.05, 0) is 30.2 Å². The van der Waals surface area contributed by atoms with Gasteiger partial charge in [0.15, 0.2) is 0 Å². The monoisotopic (exact) mass is 203 g/mol. The summed E-state index contributed by atoms with van der Waals surface area (Å²) in [5.74, 6) is -0.260. The summed E-state index contributed by atoms with van der Waals surface area (Å²) in [6, 6.07) is 4.45. The topological polar surface area (TPSA) is 32.3 Å². The minimum absolute atomic E-state index is 0.0951. The summed E-state index contributed by atoms with van der Waals surface area (Å²) in [5.41, 5.74) is 0.563. The molecule has 1 aromatic rings. The van der Waals surface area contributed by atoms with Crippen LogP contribution in [0.25, 0.3) is 0 Å². The van der Waals surface area contributed by atoms with Crippen LogP contribution >= 0.6 is 11.6 Å². The standard InChI is InChI=1S/C9H11ClFNO/c10-8-1-2-9(11)7(5-8)3-4-12-6-13/h1-2,5,12-13H,3-4,6H2. The lowest BCUT2D eigenvalue weighted by Crippen LogP contribution is -2.18. The molecule has 0 spiro atoms. The van der Waals surface area contributed by atoms with E-state index in [-0.39, 0.29) is 12.5 Å². The highest BCUT2D eigenvalue weighted by atomic mass is 35.5. The first-order valence-electron chi connectivity index (χ1n) is 3.99. The van der Waals surface area contributed by atoms with E-state index in [1.165, 1.54) is 12.1 Å². The second-order valence-corrected chi connectivity index (χ2v) is 3.08. The lowest BCUT2D eigenvalue weighted by molar-refractivity contribution is 0.262. The van der Waals surface area contributed by atoms with Gasteiger partial charge in [-0.15, -0.1) is 0 Å². The van der Waals surface area contributed by atoms with Crippen LogP contribution < -0.4 is 5.32 Å². The zero-order chi connectivity index (χ0) is 9.68. The van der Waals surface area contributed by atoms with Gasteiger partial charge in [-0.3, -0.25) is 5.32 Å². The van der Waals surface area contributed by atoms with Gasteiger partial charge in [0.2, 0.25) is 0 Å². The van der Waals surface area contributed by atoms with Crippen LogP contribution in [0.15, 0.2) is 18.2 Å². The van der Waals surface area contributed by atoms with Gasteiger partial charge in [0.05, 0.1) is 6.73 Å². The Bertz CT molecular complexity index is 280. The van der Waals surface area contributed by atoms with Crippen LogP contribution in [0, 0.1) is 5.82 Å². The Morgan fingerprint density at radius 3 is 2.92 bits per heavy atom. The molecule has 0 amide bonds. The highest BCUT2D eigenvalue weighted by Crippen LogP contribution is 2.14. The van der Waals surface area contributed by atoms with Crippen molar-refractivity contribution in [3.05, 3.63) is 34.6 Å². The molecule has 13 heavy (non-hydrogen) atoms. The fourth-order valence-corrected chi connectivity index (χ4v) is 1.23. The number of halogens is 2. The van der Waals surface area contributed by atoms with Crippen LogP contribution in [0.1, 0.15) is 5.56 Å². The zero-order valence-electron chi connectivity index (χ0n) is 7.06. The van der Waals surface area contributed by atoms with Gasteiger partial charge in [-0.1, -0.05) is 11.6 Å². The highest BCUT2D eigenvalue weighted by Gasteiger charge is 2.01. The van der Waals surface area contributed by atoms with Crippen molar-refractivity contribution in [3.63, 3.8) is 0 Å². The fourth-order valence-electron chi connectivity index (χ4n) is 1.04. The molecule has 0 atom stereocenters. The van der Waals surface area contributed by atoms with Gasteiger partial charge < -0.3 is 5.11 Å². The third-order valence-corrected chi connectivity index (χ3v) is 1.93. The highest BCUT2D eigenvalue weighted by molar-refractivity contribution is 6.30. The van der Waals surface area contributed by atoms with E-state index in [9.17, 15) is 4.39 Å². The van der Waals surface area contributed by atoms with E-state index in [4.69, 9.17) is 16.7 Å². The Balaban J connectivity index is 2.59. The van der Waals surface area contributed by atoms with Gasteiger partial charge in [0.25, 0.3) is 0 Å². The predicted molar refractivity (Wildman–Crippen MR) is 50.2 cm³/mol. The predicted octanol–water partition coefficient (Wildman–Crippen LogP) is 1.56. The van der Waals surface area contributed by atoms with E-state index < -0.39 is 0 Å². The Morgan fingerprint density at radius 2 is 2.23 bits per heavy atom. The number of benzene rings is 1. The van der Waals surface area contributed by atoms with Crippen molar-refractivity contribution in [1.82, 2.24) is 5.32 Å². The molecule has 0 aliphatic heterocycles. The summed E-state index contributed by atoms with van der Waals surface area (Å²) in [7, 11) is 0. The Labute approximate surface area is 81.3 Å². The summed E-state index contributed by atoms with van der Waals surface area (Å²) >= 11 is 5.69. The SMILES string of the molecule is OCNCCc1cc(Cl)ccc1F. The first kappa shape index (κ1) is 10.4. The number of aliphatic hydroxyl groups is 1. The Hall–Kier alpha value is -0.640. The van der Waals surface area contributed by atoms with Crippen LogP contribution in [-0.4, -0.2) is 18.4 Å². The van der Waals surface area contributed by atoms with Crippen molar-refractivity contribution < 1.29 is 9.50 Å². The molecule has 0 bridgehead atoms. The number of nitrogens with one attached hydrogen (secondary N) is 1. The average molecular weight is 204 g/mol. The molecule has 72 valence electrons. The summed E-state index contributed by atoms with van der Waals surface area (Å²) in [6.07, 6.45) is 0.521. The number of rotatable bonds is 4. The molecule has 0 fully saturated rings. The molecule has 0 heterocycles. The molecule has 0 unspecified atom stereocenters. The molecule has 0 saturated heterocycles. The molecule has 0 saturated carbocycles. The minimum atomic E-state index is -0.260. The molecule has 0 aliphatic rings. The minimum Gasteiger partial charge on any atom is -0.381 e. The second kappa shape index (κ2) is 5.17. The number of hydrogen-bond acceptors (Lipinski definition) is 2. The van der Waals surface area contributed by atoms with Crippen molar-refractivity contribution in [2.24, 2.45) is 0 Å². The normalized spacial score (nSPS) is 10.4. The van der Waals surface area contributed by atoms with Gasteiger partial charge in [-0.25, -0.2) is 4.39 Å². The molecule has 0 aliphatic carbocycles. The van der Waals surface area contributed by atoms with Crippen molar-refractivity contribution in [2.45, 2.75) is 6.42 Å². The molecule has 2 nitrogen and oxygen atoms in total. The maximum atomic E-state index is 13.0. The maximum absolute atomic E-state index is 13.0. The second-order valence-electron chi connectivity index (χ2n) is 2.64. The maximum Gasteiger partial charge on any atom is 0.126 e. The van der Waals surface area contributed by atoms with E-state index in [0.29, 0.717) is 23.6 Å². The third-order valence-electron chi connectivity index (χ3n) is 1.69. The molecule has 0 radical (unpaired) electrons. The van der Waals surface area contributed by atoms with Crippen molar-refractivity contribution in [1.29, 1.82) is 0 Å². The first-order chi connectivity index (χ1) is 6.24. The van der Waals surface area contributed by atoms with Crippen molar-refractivity contribution in [2.75, 3.05) is 13.3 Å². The largest absolute Gasteiger partial charge is 0.381 e. The van der Waals surface area contributed by atoms with Crippen LogP contribution in [0.4, 0.5) is 4.39 Å². The van der Waals surface area contributed by atoms with Gasteiger partial charge in [0, 0.05) is 11.6 Å². The quantitative estimate of drug-likeness (QED) is 0.575. The summed E-state index contributed by atoms with van der Waals surface area (Å²) in [6.45, 7) is 0.440. The van der Waals surface area contributed by atoms with Crippen LogP contribution in [-0.2, 0) is 6.42 Å². The molecular formula is C9H11ClFNO. The van der Waals surface area contributed by atoms with E-state index in [2.05, 4.69) is 5.32 Å². The molecule has 2 N–H and O–H groups in total. The number of hydrogen-bond donors (Lipinski definition) is 2. The van der Waals surface area contributed by atoms with E-state index >= 15 is 0 Å². The van der Waals surface area contributed by atoms with Crippen molar-refractivity contribution in [3.8, 4) is 0 Å². The van der Waals surface area contributed by atoms with Crippen molar-refractivity contribution >= 4 is 11.6 Å². The van der Waals surface area contributed by atoms with E-state index in [1.807, 2.05) is 0 Å². The molecule has 4 heteroatoms. The Kier molecular flexibility index (Phi) is 4.15.